The summed E-state index contributed by atoms with van der Waals surface area (Å²) < 4.78 is 16.2. The summed E-state index contributed by atoms with van der Waals surface area (Å²) in [4.78, 5) is 23.5. The minimum Gasteiger partial charge on any atom is -0.493 e. The van der Waals surface area contributed by atoms with Gasteiger partial charge in [-0.15, -0.1) is 0 Å². The van der Waals surface area contributed by atoms with Crippen molar-refractivity contribution in [1.29, 1.82) is 5.26 Å². The molecule has 0 saturated carbocycles. The third-order valence-electron chi connectivity index (χ3n) is 4.87. The third kappa shape index (κ3) is 5.80. The summed E-state index contributed by atoms with van der Waals surface area (Å²) in [5.41, 5.74) is 3.24. The number of aromatic carboxylic acids is 1. The van der Waals surface area contributed by atoms with Crippen molar-refractivity contribution < 1.29 is 28.6 Å². The van der Waals surface area contributed by atoms with E-state index in [1.165, 1.54) is 25.3 Å². The average molecular weight is 446 g/mol. The number of aryl methyl sites for hydroxylation is 2. The summed E-state index contributed by atoms with van der Waals surface area (Å²) in [5, 5.41) is 21.1. The number of amides is 1. The number of nitrogens with one attached hydrogen (secondary N) is 1. The van der Waals surface area contributed by atoms with Crippen molar-refractivity contribution >= 4 is 23.6 Å². The standard InChI is InChI=1S/C25H22N2O6/c1-15-4-6-19(10-16(15)2)27-24(28)18(13-26)11-17-5-8-21(23(12-17)31-3)32-14-20-7-9-22(33-20)25(29)30/h4-12H,14H2,1-3H3,(H,27,28)(H,29,30)/b18-11-. The maximum atomic E-state index is 12.6. The number of hydrogen-bond acceptors (Lipinski definition) is 6. The number of carboxylic acid groups (broad SMARTS) is 1. The predicted molar refractivity (Wildman–Crippen MR) is 121 cm³/mol. The minimum atomic E-state index is -1.16. The largest absolute Gasteiger partial charge is 0.493 e. The van der Waals surface area contributed by atoms with Crippen LogP contribution < -0.4 is 14.8 Å². The molecule has 0 aliphatic carbocycles. The van der Waals surface area contributed by atoms with Crippen molar-refractivity contribution in [3.63, 3.8) is 0 Å². The monoisotopic (exact) mass is 446 g/mol. The van der Waals surface area contributed by atoms with Crippen LogP contribution in [0.5, 0.6) is 11.5 Å². The van der Waals surface area contributed by atoms with E-state index in [9.17, 15) is 14.9 Å². The van der Waals surface area contributed by atoms with Crippen LogP contribution >= 0.6 is 0 Å². The van der Waals surface area contributed by atoms with E-state index in [-0.39, 0.29) is 17.9 Å². The molecule has 0 aliphatic heterocycles. The van der Waals surface area contributed by atoms with Gasteiger partial charge in [0.25, 0.3) is 5.91 Å². The van der Waals surface area contributed by atoms with E-state index in [1.807, 2.05) is 32.0 Å². The first kappa shape index (κ1) is 23.2. The fourth-order valence-corrected chi connectivity index (χ4v) is 2.95. The number of ether oxygens (including phenoxy) is 2. The first-order valence-corrected chi connectivity index (χ1v) is 9.94. The van der Waals surface area contributed by atoms with Crippen LogP contribution in [0.3, 0.4) is 0 Å². The molecule has 1 amide bonds. The van der Waals surface area contributed by atoms with Crippen LogP contribution in [0.2, 0.25) is 0 Å². The zero-order valence-corrected chi connectivity index (χ0v) is 18.3. The van der Waals surface area contributed by atoms with Gasteiger partial charge in [-0.05, 0) is 73.0 Å². The van der Waals surface area contributed by atoms with Crippen molar-refractivity contribution in [3.05, 3.63) is 82.3 Å². The highest BCUT2D eigenvalue weighted by molar-refractivity contribution is 6.09. The van der Waals surface area contributed by atoms with E-state index in [4.69, 9.17) is 19.0 Å². The smallest absolute Gasteiger partial charge is 0.371 e. The first-order valence-electron chi connectivity index (χ1n) is 9.94. The number of anilines is 1. The first-order chi connectivity index (χ1) is 15.8. The molecule has 0 aliphatic rings. The Hall–Kier alpha value is -4.51. The maximum absolute atomic E-state index is 12.6. The van der Waals surface area contributed by atoms with E-state index in [1.54, 1.807) is 24.3 Å². The van der Waals surface area contributed by atoms with Gasteiger partial charge in [-0.2, -0.15) is 5.26 Å². The summed E-state index contributed by atoms with van der Waals surface area (Å²) in [5.74, 6) is -0.754. The van der Waals surface area contributed by atoms with Crippen molar-refractivity contribution in [3.8, 4) is 17.6 Å². The second kappa shape index (κ2) is 10.2. The van der Waals surface area contributed by atoms with Crippen molar-refractivity contribution in [2.24, 2.45) is 0 Å². The highest BCUT2D eigenvalue weighted by atomic mass is 16.5. The van der Waals surface area contributed by atoms with Crippen LogP contribution in [0.4, 0.5) is 5.69 Å². The number of hydrogen-bond donors (Lipinski definition) is 2. The maximum Gasteiger partial charge on any atom is 0.371 e. The van der Waals surface area contributed by atoms with Gasteiger partial charge in [0, 0.05) is 5.69 Å². The lowest BCUT2D eigenvalue weighted by molar-refractivity contribution is -0.112. The summed E-state index contributed by atoms with van der Waals surface area (Å²) in [7, 11) is 1.46. The Morgan fingerprint density at radius 2 is 1.88 bits per heavy atom. The number of carbonyl (C=O) groups excluding carboxylic acids is 1. The lowest BCUT2D eigenvalue weighted by Gasteiger charge is -2.11. The highest BCUT2D eigenvalue weighted by Gasteiger charge is 2.13. The minimum absolute atomic E-state index is 0.000639. The van der Waals surface area contributed by atoms with Crippen LogP contribution in [0, 0.1) is 25.2 Å². The molecular weight excluding hydrogens is 424 g/mol. The number of carboxylic acids is 1. The molecule has 1 heterocycles. The fraction of sp³-hybridized carbons (Fsp3) is 0.160. The van der Waals surface area contributed by atoms with Gasteiger partial charge in [0.2, 0.25) is 5.76 Å². The Labute approximate surface area is 190 Å². The molecule has 0 bridgehead atoms. The molecular formula is C25H22N2O6. The molecule has 0 saturated heterocycles. The van der Waals surface area contributed by atoms with Crippen LogP contribution in [0.15, 0.2) is 58.5 Å². The molecule has 33 heavy (non-hydrogen) atoms. The van der Waals surface area contributed by atoms with E-state index >= 15 is 0 Å². The summed E-state index contributed by atoms with van der Waals surface area (Å²) in [6, 6.07) is 15.2. The van der Waals surface area contributed by atoms with Crippen LogP contribution in [0.25, 0.3) is 6.08 Å². The molecule has 8 nitrogen and oxygen atoms in total. The SMILES string of the molecule is COc1cc(/C=C(/C#N)C(=O)Nc2ccc(C)c(C)c2)ccc1OCc1ccc(C(=O)O)o1. The molecule has 3 rings (SSSR count). The second-order valence-electron chi connectivity index (χ2n) is 7.19. The number of benzene rings is 2. The number of furan rings is 1. The Balaban J connectivity index is 1.74. The number of rotatable bonds is 8. The normalized spacial score (nSPS) is 10.9. The van der Waals surface area contributed by atoms with Crippen molar-refractivity contribution in [2.45, 2.75) is 20.5 Å². The van der Waals surface area contributed by atoms with Crippen molar-refractivity contribution in [1.82, 2.24) is 0 Å². The zero-order valence-electron chi connectivity index (χ0n) is 18.3. The van der Waals surface area contributed by atoms with E-state index in [0.29, 0.717) is 28.5 Å². The molecule has 2 aromatic carbocycles. The van der Waals surface area contributed by atoms with Crippen molar-refractivity contribution in [2.75, 3.05) is 12.4 Å². The van der Waals surface area contributed by atoms with Gasteiger partial charge in [-0.25, -0.2) is 4.79 Å². The molecule has 2 N–H and O–H groups in total. The average Bonchev–Trinajstić information content (AvgIpc) is 3.28. The van der Waals surface area contributed by atoms with Gasteiger partial charge >= 0.3 is 5.97 Å². The molecule has 168 valence electrons. The number of nitrogens with zero attached hydrogens (tertiary/aromatic N) is 1. The van der Waals surface area contributed by atoms with Gasteiger partial charge in [0.15, 0.2) is 11.5 Å². The molecule has 0 radical (unpaired) electrons. The molecule has 0 fully saturated rings. The van der Waals surface area contributed by atoms with Crippen LogP contribution in [-0.2, 0) is 11.4 Å². The van der Waals surface area contributed by atoms with Gasteiger partial charge < -0.3 is 24.3 Å². The quantitative estimate of drug-likeness (QED) is 0.379. The van der Waals surface area contributed by atoms with E-state index < -0.39 is 11.9 Å². The molecule has 0 unspecified atom stereocenters. The number of nitriles is 1. The van der Waals surface area contributed by atoms with Gasteiger partial charge in [-0.1, -0.05) is 12.1 Å². The number of carbonyl (C=O) groups is 2. The van der Waals surface area contributed by atoms with Gasteiger partial charge in [-0.3, -0.25) is 4.79 Å². The van der Waals surface area contributed by atoms with E-state index in [2.05, 4.69) is 5.32 Å². The Bertz CT molecular complexity index is 1270. The second-order valence-corrected chi connectivity index (χ2v) is 7.19. The van der Waals surface area contributed by atoms with E-state index in [0.717, 1.165) is 11.1 Å². The Morgan fingerprint density at radius 3 is 2.52 bits per heavy atom. The summed E-state index contributed by atoms with van der Waals surface area (Å²) in [6.45, 7) is 3.92. The molecule has 1 aromatic heterocycles. The van der Waals surface area contributed by atoms with Gasteiger partial charge in [0.05, 0.1) is 7.11 Å². The molecule has 3 aromatic rings. The summed E-state index contributed by atoms with van der Waals surface area (Å²) in [6.07, 6.45) is 1.45. The number of methoxy groups -OCH3 is 1. The lowest BCUT2D eigenvalue weighted by Crippen LogP contribution is -2.13. The predicted octanol–water partition coefficient (Wildman–Crippen LogP) is 4.73. The summed E-state index contributed by atoms with van der Waals surface area (Å²) >= 11 is 0. The van der Waals surface area contributed by atoms with Crippen LogP contribution in [0.1, 0.15) is 33.0 Å². The van der Waals surface area contributed by atoms with Gasteiger partial charge in [0.1, 0.15) is 24.0 Å². The third-order valence-corrected chi connectivity index (χ3v) is 4.87. The van der Waals surface area contributed by atoms with Crippen LogP contribution in [-0.4, -0.2) is 24.1 Å². The molecule has 8 heteroatoms. The Kier molecular flexibility index (Phi) is 7.16. The zero-order chi connectivity index (χ0) is 24.0. The Morgan fingerprint density at radius 1 is 1.09 bits per heavy atom. The molecule has 0 atom stereocenters. The lowest BCUT2D eigenvalue weighted by atomic mass is 10.1. The molecule has 0 spiro atoms. The fourth-order valence-electron chi connectivity index (χ4n) is 2.95. The highest BCUT2D eigenvalue weighted by Crippen LogP contribution is 2.30. The topological polar surface area (TPSA) is 122 Å².